The highest BCUT2D eigenvalue weighted by atomic mass is 35.5. The van der Waals surface area contributed by atoms with Gasteiger partial charge in [0.2, 0.25) is 5.91 Å². The average molecular weight is 280 g/mol. The van der Waals surface area contributed by atoms with E-state index < -0.39 is 0 Å². The molecule has 18 heavy (non-hydrogen) atoms. The van der Waals surface area contributed by atoms with Crippen molar-refractivity contribution in [2.75, 3.05) is 7.05 Å². The van der Waals surface area contributed by atoms with Crippen molar-refractivity contribution >= 4 is 28.8 Å². The van der Waals surface area contributed by atoms with Gasteiger partial charge >= 0.3 is 0 Å². The van der Waals surface area contributed by atoms with Crippen LogP contribution in [0.1, 0.15) is 10.4 Å². The lowest BCUT2D eigenvalue weighted by molar-refractivity contribution is -0.129. The van der Waals surface area contributed by atoms with Crippen LogP contribution in [0.5, 0.6) is 0 Å². The zero-order chi connectivity index (χ0) is 13.0. The Hall–Kier alpha value is -1.32. The van der Waals surface area contributed by atoms with Gasteiger partial charge in [0.15, 0.2) is 0 Å². The molecule has 0 aliphatic rings. The summed E-state index contributed by atoms with van der Waals surface area (Å²) in [5, 5.41) is 2.71. The second kappa shape index (κ2) is 6.03. The molecule has 0 spiro atoms. The second-order valence-corrected chi connectivity index (χ2v) is 5.60. The molecule has 0 unspecified atom stereocenters. The summed E-state index contributed by atoms with van der Waals surface area (Å²) in [6, 6.07) is 11.4. The van der Waals surface area contributed by atoms with Gasteiger partial charge in [-0.1, -0.05) is 29.8 Å². The number of hydrogen-bond acceptors (Lipinski definition) is 2. The molecular weight excluding hydrogens is 266 g/mol. The standard InChI is InChI=1S/C14H14ClNOS/c1-16(10-13-3-2-8-18-13)14(17)9-11-4-6-12(15)7-5-11/h2-8H,9-10H2,1H3. The Balaban J connectivity index is 1.93. The molecule has 0 aliphatic carbocycles. The molecule has 1 aromatic carbocycles. The average Bonchev–Trinajstić information content (AvgIpc) is 2.85. The number of amides is 1. The van der Waals surface area contributed by atoms with Gasteiger partial charge in [0.1, 0.15) is 0 Å². The van der Waals surface area contributed by atoms with Crippen molar-refractivity contribution < 1.29 is 4.79 Å². The fraction of sp³-hybridized carbons (Fsp3) is 0.214. The largest absolute Gasteiger partial charge is 0.340 e. The van der Waals surface area contributed by atoms with Crippen LogP contribution in [0.15, 0.2) is 41.8 Å². The highest BCUT2D eigenvalue weighted by Crippen LogP contribution is 2.13. The molecule has 0 fully saturated rings. The number of carbonyl (C=O) groups excluding carboxylic acids is 1. The maximum atomic E-state index is 12.0. The van der Waals surface area contributed by atoms with Crippen LogP contribution in [0.4, 0.5) is 0 Å². The van der Waals surface area contributed by atoms with Crippen LogP contribution in [0.25, 0.3) is 0 Å². The number of thiophene rings is 1. The first-order valence-corrected chi connectivity index (χ1v) is 6.91. The molecule has 1 heterocycles. The maximum absolute atomic E-state index is 12.0. The summed E-state index contributed by atoms with van der Waals surface area (Å²) >= 11 is 7.48. The third-order valence-electron chi connectivity index (χ3n) is 2.67. The van der Waals surface area contributed by atoms with E-state index in [1.54, 1.807) is 16.2 Å². The molecular formula is C14H14ClNOS. The fourth-order valence-electron chi connectivity index (χ4n) is 1.64. The van der Waals surface area contributed by atoms with Crippen LogP contribution >= 0.6 is 22.9 Å². The highest BCUT2D eigenvalue weighted by molar-refractivity contribution is 7.09. The first-order chi connectivity index (χ1) is 8.65. The van der Waals surface area contributed by atoms with E-state index in [1.807, 2.05) is 48.8 Å². The molecule has 0 N–H and O–H groups in total. The summed E-state index contributed by atoms with van der Waals surface area (Å²) in [4.78, 5) is 15.0. The Morgan fingerprint density at radius 3 is 2.61 bits per heavy atom. The van der Waals surface area contributed by atoms with E-state index in [1.165, 1.54) is 4.88 Å². The van der Waals surface area contributed by atoms with Gasteiger partial charge in [-0.2, -0.15) is 0 Å². The van der Waals surface area contributed by atoms with Gasteiger partial charge in [-0.3, -0.25) is 4.79 Å². The summed E-state index contributed by atoms with van der Waals surface area (Å²) in [5.74, 6) is 0.116. The van der Waals surface area contributed by atoms with Gasteiger partial charge in [0.05, 0.1) is 13.0 Å². The zero-order valence-electron chi connectivity index (χ0n) is 10.1. The Kier molecular flexibility index (Phi) is 4.39. The number of benzene rings is 1. The molecule has 0 atom stereocenters. The molecule has 0 saturated heterocycles. The molecule has 2 rings (SSSR count). The first-order valence-electron chi connectivity index (χ1n) is 5.66. The van der Waals surface area contributed by atoms with Gasteiger partial charge < -0.3 is 4.90 Å². The van der Waals surface area contributed by atoms with Crippen molar-refractivity contribution in [2.24, 2.45) is 0 Å². The van der Waals surface area contributed by atoms with Crippen LogP contribution in [0.2, 0.25) is 5.02 Å². The lowest BCUT2D eigenvalue weighted by Crippen LogP contribution is -2.27. The lowest BCUT2D eigenvalue weighted by atomic mass is 10.1. The predicted molar refractivity (Wildman–Crippen MR) is 75.9 cm³/mol. The fourth-order valence-corrected chi connectivity index (χ4v) is 2.52. The molecule has 0 radical (unpaired) electrons. The molecule has 0 saturated carbocycles. The monoisotopic (exact) mass is 279 g/mol. The maximum Gasteiger partial charge on any atom is 0.227 e. The Morgan fingerprint density at radius 2 is 2.00 bits per heavy atom. The van der Waals surface area contributed by atoms with Crippen LogP contribution in [-0.2, 0) is 17.8 Å². The van der Waals surface area contributed by atoms with E-state index in [9.17, 15) is 4.79 Å². The van der Waals surface area contributed by atoms with Crippen LogP contribution in [-0.4, -0.2) is 17.9 Å². The third-order valence-corrected chi connectivity index (χ3v) is 3.78. The summed E-state index contributed by atoms with van der Waals surface area (Å²) in [6.45, 7) is 0.671. The van der Waals surface area contributed by atoms with Gasteiger partial charge in [-0.15, -0.1) is 11.3 Å². The summed E-state index contributed by atoms with van der Waals surface area (Å²) in [5.41, 5.74) is 0.988. The highest BCUT2D eigenvalue weighted by Gasteiger charge is 2.10. The van der Waals surface area contributed by atoms with Crippen LogP contribution in [0, 0.1) is 0 Å². The van der Waals surface area contributed by atoms with Crippen molar-refractivity contribution in [3.63, 3.8) is 0 Å². The van der Waals surface area contributed by atoms with E-state index >= 15 is 0 Å². The van der Waals surface area contributed by atoms with E-state index in [0.29, 0.717) is 18.0 Å². The summed E-state index contributed by atoms with van der Waals surface area (Å²) in [7, 11) is 1.83. The van der Waals surface area contributed by atoms with Gasteiger partial charge in [0.25, 0.3) is 0 Å². The molecule has 2 aromatic rings. The van der Waals surface area contributed by atoms with Crippen molar-refractivity contribution in [3.05, 3.63) is 57.2 Å². The van der Waals surface area contributed by atoms with Crippen molar-refractivity contribution in [1.29, 1.82) is 0 Å². The van der Waals surface area contributed by atoms with Gasteiger partial charge in [0, 0.05) is 16.9 Å². The topological polar surface area (TPSA) is 20.3 Å². The third kappa shape index (κ3) is 3.59. The molecule has 94 valence electrons. The molecule has 1 amide bonds. The molecule has 0 bridgehead atoms. The minimum Gasteiger partial charge on any atom is -0.340 e. The Morgan fingerprint density at radius 1 is 1.28 bits per heavy atom. The zero-order valence-corrected chi connectivity index (χ0v) is 11.7. The number of hydrogen-bond donors (Lipinski definition) is 0. The van der Waals surface area contributed by atoms with E-state index in [-0.39, 0.29) is 5.91 Å². The lowest BCUT2D eigenvalue weighted by Gasteiger charge is -2.16. The minimum atomic E-state index is 0.116. The van der Waals surface area contributed by atoms with Gasteiger partial charge in [-0.25, -0.2) is 0 Å². The smallest absolute Gasteiger partial charge is 0.227 e. The van der Waals surface area contributed by atoms with Crippen LogP contribution < -0.4 is 0 Å². The van der Waals surface area contributed by atoms with E-state index in [0.717, 1.165) is 5.56 Å². The molecule has 1 aromatic heterocycles. The van der Waals surface area contributed by atoms with Crippen LogP contribution in [0.3, 0.4) is 0 Å². The summed E-state index contributed by atoms with van der Waals surface area (Å²) < 4.78 is 0. The van der Waals surface area contributed by atoms with Crippen molar-refractivity contribution in [2.45, 2.75) is 13.0 Å². The van der Waals surface area contributed by atoms with Gasteiger partial charge in [-0.05, 0) is 29.1 Å². The van der Waals surface area contributed by atoms with E-state index in [2.05, 4.69) is 0 Å². The Bertz CT molecular complexity index is 507. The number of rotatable bonds is 4. The second-order valence-electron chi connectivity index (χ2n) is 4.13. The first kappa shape index (κ1) is 13.1. The SMILES string of the molecule is CN(Cc1cccs1)C(=O)Cc1ccc(Cl)cc1. The minimum absolute atomic E-state index is 0.116. The Labute approximate surface area is 116 Å². The van der Waals surface area contributed by atoms with Crippen molar-refractivity contribution in [3.8, 4) is 0 Å². The van der Waals surface area contributed by atoms with E-state index in [4.69, 9.17) is 11.6 Å². The molecule has 2 nitrogen and oxygen atoms in total. The quantitative estimate of drug-likeness (QED) is 0.837. The number of likely N-dealkylation sites (N-methyl/N-ethyl adjacent to an activating group) is 1. The molecule has 0 aliphatic heterocycles. The number of halogens is 1. The number of nitrogens with zero attached hydrogens (tertiary/aromatic N) is 1. The predicted octanol–water partition coefficient (Wildman–Crippen LogP) is 3.60. The number of carbonyl (C=O) groups is 1. The molecule has 4 heteroatoms. The normalized spacial score (nSPS) is 10.3. The van der Waals surface area contributed by atoms with Crippen molar-refractivity contribution in [1.82, 2.24) is 4.90 Å². The summed E-state index contributed by atoms with van der Waals surface area (Å²) in [6.07, 6.45) is 0.416.